The van der Waals surface area contributed by atoms with E-state index in [1.807, 2.05) is 50.4 Å². The number of fused-ring (bicyclic) bond motifs is 1. The lowest BCUT2D eigenvalue weighted by atomic mass is 9.93. The van der Waals surface area contributed by atoms with E-state index in [0.29, 0.717) is 17.9 Å². The van der Waals surface area contributed by atoms with Crippen LogP contribution < -0.4 is 0 Å². The average molecular weight is 401 g/mol. The van der Waals surface area contributed by atoms with E-state index < -0.39 is 11.9 Å². The summed E-state index contributed by atoms with van der Waals surface area (Å²) in [6.45, 7) is 4.48. The van der Waals surface area contributed by atoms with Gasteiger partial charge in [0, 0.05) is 5.92 Å². The molecule has 2 aromatic heterocycles. The van der Waals surface area contributed by atoms with Crippen molar-refractivity contribution >= 4 is 17.4 Å². The van der Waals surface area contributed by atoms with Crippen molar-refractivity contribution in [1.29, 1.82) is 0 Å². The molecule has 4 atom stereocenters. The highest BCUT2D eigenvalue weighted by Crippen LogP contribution is 2.44. The van der Waals surface area contributed by atoms with Crippen LogP contribution in [0.15, 0.2) is 47.9 Å². The quantitative estimate of drug-likeness (QED) is 0.637. The molecule has 28 heavy (non-hydrogen) atoms. The normalized spacial score (nSPS) is 27.5. The van der Waals surface area contributed by atoms with Gasteiger partial charge in [-0.3, -0.25) is 0 Å². The van der Waals surface area contributed by atoms with Crippen LogP contribution in [-0.2, 0) is 21.9 Å². The van der Waals surface area contributed by atoms with Gasteiger partial charge in [-0.2, -0.15) is 5.10 Å². The number of hydrogen-bond acceptors (Lipinski definition) is 7. The summed E-state index contributed by atoms with van der Waals surface area (Å²) < 4.78 is 14.0. The number of thioether (sulfide) groups is 1. The Bertz CT molecular complexity index is 951. The topological polar surface area (TPSA) is 81.8 Å². The molecule has 1 aliphatic heterocycles. The third kappa shape index (κ3) is 3.20. The maximum absolute atomic E-state index is 11.6. The molecule has 0 aliphatic carbocycles. The van der Waals surface area contributed by atoms with Crippen molar-refractivity contribution < 1.29 is 14.6 Å². The number of hydrogen-bond donors (Lipinski definition) is 1. The van der Waals surface area contributed by atoms with Crippen LogP contribution in [0.5, 0.6) is 0 Å². The molecule has 4 rings (SSSR count). The Morgan fingerprint density at radius 3 is 2.79 bits per heavy atom. The van der Waals surface area contributed by atoms with Crippen molar-refractivity contribution in [3.05, 3.63) is 54.1 Å². The van der Waals surface area contributed by atoms with E-state index in [-0.39, 0.29) is 12.0 Å². The summed E-state index contributed by atoms with van der Waals surface area (Å²) in [5.41, 5.74) is 2.10. The fourth-order valence-electron chi connectivity index (χ4n) is 3.83. The van der Waals surface area contributed by atoms with E-state index in [1.54, 1.807) is 10.7 Å². The number of benzene rings is 1. The number of aromatic nitrogens is 4. The lowest BCUT2D eigenvalue weighted by molar-refractivity contribution is -0.251. The highest BCUT2D eigenvalue weighted by atomic mass is 32.2. The second kappa shape index (κ2) is 7.79. The van der Waals surface area contributed by atoms with Gasteiger partial charge in [-0.05, 0) is 18.2 Å². The molecule has 7 nitrogen and oxygen atoms in total. The molecule has 3 heterocycles. The first-order valence-electron chi connectivity index (χ1n) is 9.37. The molecule has 0 spiro atoms. The monoisotopic (exact) mass is 400 g/mol. The second-order valence-electron chi connectivity index (χ2n) is 6.99. The molecule has 0 amide bonds. The molecule has 1 aromatic carbocycles. The average Bonchev–Trinajstić information content (AvgIpc) is 3.27. The summed E-state index contributed by atoms with van der Waals surface area (Å²) >= 11 is 1.48. The van der Waals surface area contributed by atoms with Gasteiger partial charge >= 0.3 is 0 Å². The number of ether oxygens (including phenoxy) is 2. The zero-order valence-electron chi connectivity index (χ0n) is 16.1. The SMILES string of the molecule is CC[C@H]1O[C@@](O)(c2cnc3c(SC)ncnn23)[C@H](OCc2ccccc2)[C@@H]1C. The van der Waals surface area contributed by atoms with Gasteiger partial charge in [0.2, 0.25) is 5.79 Å². The van der Waals surface area contributed by atoms with E-state index in [0.717, 1.165) is 17.0 Å². The first kappa shape index (κ1) is 19.3. The summed E-state index contributed by atoms with van der Waals surface area (Å²) in [6, 6.07) is 9.92. The Labute approximate surface area is 168 Å². The number of rotatable bonds is 6. The lowest BCUT2D eigenvalue weighted by Crippen LogP contribution is -2.41. The van der Waals surface area contributed by atoms with Crippen molar-refractivity contribution in [2.75, 3.05) is 6.26 Å². The molecule has 0 saturated carbocycles. The Balaban J connectivity index is 1.72. The van der Waals surface area contributed by atoms with Crippen LogP contribution in [0.25, 0.3) is 5.65 Å². The molecule has 1 N–H and O–H groups in total. The van der Waals surface area contributed by atoms with Crippen molar-refractivity contribution in [3.63, 3.8) is 0 Å². The molecule has 0 unspecified atom stereocenters. The standard InChI is InChI=1S/C20H24N4O3S/c1-4-15-13(2)17(26-11-14-8-6-5-7-9-14)20(25,27-15)16-10-21-18-19(28-3)22-12-23-24(16)18/h5-10,12-13,15,17,25H,4,11H2,1-3H3/t13-,15-,17-,20+/m1/s1. The molecule has 1 fully saturated rings. The van der Waals surface area contributed by atoms with Gasteiger partial charge in [0.05, 0.1) is 18.9 Å². The van der Waals surface area contributed by atoms with Crippen LogP contribution >= 0.6 is 11.8 Å². The van der Waals surface area contributed by atoms with Crippen LogP contribution in [0.1, 0.15) is 31.5 Å². The third-order valence-electron chi connectivity index (χ3n) is 5.29. The third-order valence-corrected chi connectivity index (χ3v) is 5.96. The largest absolute Gasteiger partial charge is 0.367 e. The zero-order valence-corrected chi connectivity index (χ0v) is 17.0. The fraction of sp³-hybridized carbons (Fsp3) is 0.450. The van der Waals surface area contributed by atoms with Crippen molar-refractivity contribution in [3.8, 4) is 0 Å². The van der Waals surface area contributed by atoms with Crippen LogP contribution in [0, 0.1) is 5.92 Å². The van der Waals surface area contributed by atoms with Crippen LogP contribution in [0.2, 0.25) is 0 Å². The highest BCUT2D eigenvalue weighted by Gasteiger charge is 2.55. The molecule has 1 aliphatic rings. The van der Waals surface area contributed by atoms with E-state index in [4.69, 9.17) is 9.47 Å². The van der Waals surface area contributed by atoms with E-state index >= 15 is 0 Å². The van der Waals surface area contributed by atoms with E-state index in [9.17, 15) is 5.11 Å². The number of aliphatic hydroxyl groups is 1. The molecule has 1 saturated heterocycles. The molecule has 148 valence electrons. The Hall–Kier alpha value is -2.00. The van der Waals surface area contributed by atoms with Gasteiger partial charge < -0.3 is 14.6 Å². The van der Waals surface area contributed by atoms with Gasteiger partial charge in [0.1, 0.15) is 23.2 Å². The first-order chi connectivity index (χ1) is 13.6. The summed E-state index contributed by atoms with van der Waals surface area (Å²) in [5, 5.41) is 16.7. The summed E-state index contributed by atoms with van der Waals surface area (Å²) in [6.07, 6.45) is 5.09. The van der Waals surface area contributed by atoms with Crippen LogP contribution in [0.3, 0.4) is 0 Å². The lowest BCUT2D eigenvalue weighted by Gasteiger charge is -2.29. The summed E-state index contributed by atoms with van der Waals surface area (Å²) in [4.78, 5) is 8.67. The Kier molecular flexibility index (Phi) is 5.37. The van der Waals surface area contributed by atoms with Crippen LogP contribution in [0.4, 0.5) is 0 Å². The second-order valence-corrected chi connectivity index (χ2v) is 7.78. The van der Waals surface area contributed by atoms with Crippen LogP contribution in [-0.4, -0.2) is 43.2 Å². The maximum atomic E-state index is 11.6. The summed E-state index contributed by atoms with van der Waals surface area (Å²) in [5.74, 6) is -1.63. The van der Waals surface area contributed by atoms with E-state index in [1.165, 1.54) is 18.1 Å². The molecule has 8 heteroatoms. The zero-order chi connectivity index (χ0) is 19.7. The fourth-order valence-corrected chi connectivity index (χ4v) is 4.30. The van der Waals surface area contributed by atoms with Gasteiger partial charge in [-0.25, -0.2) is 14.5 Å². The molecule has 0 radical (unpaired) electrons. The number of nitrogens with zero attached hydrogens (tertiary/aromatic N) is 4. The Morgan fingerprint density at radius 1 is 1.29 bits per heavy atom. The minimum Gasteiger partial charge on any atom is -0.367 e. The van der Waals surface area contributed by atoms with Crippen molar-refractivity contribution in [1.82, 2.24) is 19.6 Å². The number of imidazole rings is 1. The Morgan fingerprint density at radius 2 is 2.07 bits per heavy atom. The minimum absolute atomic E-state index is 0.00567. The minimum atomic E-state index is -1.64. The van der Waals surface area contributed by atoms with Gasteiger partial charge in [-0.15, -0.1) is 11.8 Å². The highest BCUT2D eigenvalue weighted by molar-refractivity contribution is 7.98. The maximum Gasteiger partial charge on any atom is 0.239 e. The van der Waals surface area contributed by atoms with E-state index in [2.05, 4.69) is 15.1 Å². The molecular weight excluding hydrogens is 376 g/mol. The summed E-state index contributed by atoms with van der Waals surface area (Å²) in [7, 11) is 0. The predicted molar refractivity (Wildman–Crippen MR) is 106 cm³/mol. The first-order valence-corrected chi connectivity index (χ1v) is 10.6. The molecule has 3 aromatic rings. The van der Waals surface area contributed by atoms with Gasteiger partial charge in [0.25, 0.3) is 0 Å². The molecule has 0 bridgehead atoms. The van der Waals surface area contributed by atoms with Gasteiger partial charge in [-0.1, -0.05) is 44.2 Å². The predicted octanol–water partition coefficient (Wildman–Crippen LogP) is 3.02. The van der Waals surface area contributed by atoms with Crippen molar-refractivity contribution in [2.45, 2.75) is 49.9 Å². The van der Waals surface area contributed by atoms with Gasteiger partial charge in [0.15, 0.2) is 5.65 Å². The molecular formula is C20H24N4O3S. The smallest absolute Gasteiger partial charge is 0.239 e. The van der Waals surface area contributed by atoms with Crippen molar-refractivity contribution in [2.24, 2.45) is 5.92 Å².